The van der Waals surface area contributed by atoms with Crippen LogP contribution in [0.3, 0.4) is 0 Å². The highest BCUT2D eigenvalue weighted by Crippen LogP contribution is 2.42. The molecule has 2 rings (SSSR count). The van der Waals surface area contributed by atoms with Crippen LogP contribution in [-0.4, -0.2) is 19.2 Å². The average Bonchev–Trinajstić information content (AvgIpc) is 2.35. The number of rotatable bonds is 5. The van der Waals surface area contributed by atoms with E-state index in [2.05, 4.69) is 43.4 Å². The van der Waals surface area contributed by atoms with Crippen molar-refractivity contribution >= 4 is 0 Å². The number of ether oxygens (including phenoxy) is 1. The van der Waals surface area contributed by atoms with Gasteiger partial charge in [0.2, 0.25) is 0 Å². The molecular weight excluding hydrogens is 210 g/mol. The fraction of sp³-hybridized carbons (Fsp3) is 0.600. The molecule has 2 heteroatoms. The molecule has 0 radical (unpaired) electrons. The molecule has 0 heterocycles. The standard InChI is InChI=1S/C15H23NO/c1-4-16-15-10-14(11(15)3)12-6-8-13(9-7-12)17-5-2/h6-9,11,14-16H,4-5,10H2,1-3H3. The summed E-state index contributed by atoms with van der Waals surface area (Å²) in [6.45, 7) is 8.35. The van der Waals surface area contributed by atoms with Gasteiger partial charge in [-0.2, -0.15) is 0 Å². The first-order valence-corrected chi connectivity index (χ1v) is 6.72. The van der Waals surface area contributed by atoms with Gasteiger partial charge in [0.05, 0.1) is 6.61 Å². The Balaban J connectivity index is 1.95. The second kappa shape index (κ2) is 5.54. The third kappa shape index (κ3) is 2.63. The molecule has 17 heavy (non-hydrogen) atoms. The van der Waals surface area contributed by atoms with E-state index in [1.54, 1.807) is 0 Å². The highest BCUT2D eigenvalue weighted by Gasteiger charge is 2.37. The fourth-order valence-electron chi connectivity index (χ4n) is 2.74. The van der Waals surface area contributed by atoms with E-state index >= 15 is 0 Å². The Morgan fingerprint density at radius 3 is 2.47 bits per heavy atom. The molecule has 1 aromatic carbocycles. The quantitative estimate of drug-likeness (QED) is 0.843. The zero-order valence-electron chi connectivity index (χ0n) is 11.1. The van der Waals surface area contributed by atoms with Crippen molar-refractivity contribution in [1.29, 1.82) is 0 Å². The van der Waals surface area contributed by atoms with Gasteiger partial charge in [-0.05, 0) is 49.4 Å². The van der Waals surface area contributed by atoms with Crippen LogP contribution >= 0.6 is 0 Å². The van der Waals surface area contributed by atoms with Crippen molar-refractivity contribution in [3.8, 4) is 5.75 Å². The Morgan fingerprint density at radius 2 is 1.94 bits per heavy atom. The molecular formula is C15H23NO. The van der Waals surface area contributed by atoms with Crippen LogP contribution in [0.1, 0.15) is 38.7 Å². The van der Waals surface area contributed by atoms with Gasteiger partial charge in [0, 0.05) is 6.04 Å². The largest absolute Gasteiger partial charge is 0.494 e. The summed E-state index contributed by atoms with van der Waals surface area (Å²) in [4.78, 5) is 0. The van der Waals surface area contributed by atoms with Gasteiger partial charge >= 0.3 is 0 Å². The molecule has 0 bridgehead atoms. The van der Waals surface area contributed by atoms with Crippen LogP contribution in [0, 0.1) is 5.92 Å². The van der Waals surface area contributed by atoms with Gasteiger partial charge in [-0.25, -0.2) is 0 Å². The lowest BCUT2D eigenvalue weighted by Gasteiger charge is -2.43. The number of hydrogen-bond donors (Lipinski definition) is 1. The lowest BCUT2D eigenvalue weighted by molar-refractivity contribution is 0.187. The predicted octanol–water partition coefficient (Wildman–Crippen LogP) is 3.19. The molecule has 1 saturated carbocycles. The SMILES string of the molecule is CCNC1CC(c2ccc(OCC)cc2)C1C. The minimum absolute atomic E-state index is 0.705. The van der Waals surface area contributed by atoms with Gasteiger partial charge in [-0.1, -0.05) is 26.0 Å². The van der Waals surface area contributed by atoms with E-state index in [1.807, 2.05) is 6.92 Å². The summed E-state index contributed by atoms with van der Waals surface area (Å²) >= 11 is 0. The molecule has 3 unspecified atom stereocenters. The lowest BCUT2D eigenvalue weighted by atomic mass is 9.67. The molecule has 0 aliphatic heterocycles. The summed E-state index contributed by atoms with van der Waals surface area (Å²) in [6, 6.07) is 9.32. The normalized spacial score (nSPS) is 27.6. The molecule has 0 amide bonds. The van der Waals surface area contributed by atoms with Crippen molar-refractivity contribution in [1.82, 2.24) is 5.32 Å². The topological polar surface area (TPSA) is 21.3 Å². The van der Waals surface area contributed by atoms with Gasteiger partial charge in [-0.15, -0.1) is 0 Å². The first kappa shape index (κ1) is 12.4. The average molecular weight is 233 g/mol. The van der Waals surface area contributed by atoms with Gasteiger partial charge in [0.15, 0.2) is 0 Å². The smallest absolute Gasteiger partial charge is 0.119 e. The second-order valence-electron chi connectivity index (χ2n) is 4.87. The van der Waals surface area contributed by atoms with Gasteiger partial charge in [0.1, 0.15) is 5.75 Å². The lowest BCUT2D eigenvalue weighted by Crippen LogP contribution is -2.47. The molecule has 1 aliphatic rings. The first-order valence-electron chi connectivity index (χ1n) is 6.72. The third-order valence-corrected chi connectivity index (χ3v) is 3.86. The maximum atomic E-state index is 5.47. The molecule has 1 N–H and O–H groups in total. The Hall–Kier alpha value is -1.02. The molecule has 0 aromatic heterocycles. The van der Waals surface area contributed by atoms with Crippen molar-refractivity contribution in [3.63, 3.8) is 0 Å². The van der Waals surface area contributed by atoms with Gasteiger partial charge in [0.25, 0.3) is 0 Å². The Bertz CT molecular complexity index is 346. The zero-order chi connectivity index (χ0) is 12.3. The minimum Gasteiger partial charge on any atom is -0.494 e. The van der Waals surface area contributed by atoms with Crippen LogP contribution in [0.15, 0.2) is 24.3 Å². The van der Waals surface area contributed by atoms with E-state index in [-0.39, 0.29) is 0 Å². The summed E-state index contributed by atoms with van der Waals surface area (Å²) in [5, 5.41) is 3.54. The first-order chi connectivity index (χ1) is 8.26. The molecule has 94 valence electrons. The van der Waals surface area contributed by atoms with E-state index in [1.165, 1.54) is 12.0 Å². The predicted molar refractivity (Wildman–Crippen MR) is 71.6 cm³/mol. The third-order valence-electron chi connectivity index (χ3n) is 3.86. The highest BCUT2D eigenvalue weighted by molar-refractivity contribution is 5.31. The van der Waals surface area contributed by atoms with Crippen molar-refractivity contribution in [2.75, 3.05) is 13.2 Å². The monoisotopic (exact) mass is 233 g/mol. The van der Waals surface area contributed by atoms with Crippen LogP contribution in [0.4, 0.5) is 0 Å². The molecule has 1 aromatic rings. The van der Waals surface area contributed by atoms with Crippen molar-refractivity contribution < 1.29 is 4.74 Å². The van der Waals surface area contributed by atoms with Crippen molar-refractivity contribution in [2.24, 2.45) is 5.92 Å². The minimum atomic E-state index is 0.705. The number of hydrogen-bond acceptors (Lipinski definition) is 2. The molecule has 3 atom stereocenters. The molecule has 0 saturated heterocycles. The van der Waals surface area contributed by atoms with Crippen LogP contribution < -0.4 is 10.1 Å². The van der Waals surface area contributed by atoms with Crippen LogP contribution in [0.5, 0.6) is 5.75 Å². The van der Waals surface area contributed by atoms with E-state index in [0.29, 0.717) is 6.04 Å². The van der Waals surface area contributed by atoms with Gasteiger partial charge < -0.3 is 10.1 Å². The van der Waals surface area contributed by atoms with E-state index in [9.17, 15) is 0 Å². The van der Waals surface area contributed by atoms with Crippen LogP contribution in [0.25, 0.3) is 0 Å². The van der Waals surface area contributed by atoms with Crippen molar-refractivity contribution in [3.05, 3.63) is 29.8 Å². The fourth-order valence-corrected chi connectivity index (χ4v) is 2.74. The maximum Gasteiger partial charge on any atom is 0.119 e. The summed E-state index contributed by atoms with van der Waals surface area (Å²) in [6.07, 6.45) is 1.27. The van der Waals surface area contributed by atoms with E-state index in [4.69, 9.17) is 4.74 Å². The summed E-state index contributed by atoms with van der Waals surface area (Å²) in [5.74, 6) is 2.44. The van der Waals surface area contributed by atoms with Crippen LogP contribution in [-0.2, 0) is 0 Å². The molecule has 1 aliphatic carbocycles. The van der Waals surface area contributed by atoms with E-state index in [0.717, 1.165) is 30.7 Å². The Morgan fingerprint density at radius 1 is 1.24 bits per heavy atom. The second-order valence-corrected chi connectivity index (χ2v) is 4.87. The number of benzene rings is 1. The summed E-state index contributed by atoms with van der Waals surface area (Å²) in [5.41, 5.74) is 1.45. The molecule has 2 nitrogen and oxygen atoms in total. The molecule has 0 spiro atoms. The van der Waals surface area contributed by atoms with Crippen molar-refractivity contribution in [2.45, 2.75) is 39.2 Å². The Labute approximate surface area is 104 Å². The highest BCUT2D eigenvalue weighted by atomic mass is 16.5. The van der Waals surface area contributed by atoms with E-state index < -0.39 is 0 Å². The zero-order valence-corrected chi connectivity index (χ0v) is 11.1. The Kier molecular flexibility index (Phi) is 4.06. The summed E-state index contributed by atoms with van der Waals surface area (Å²) < 4.78 is 5.47. The summed E-state index contributed by atoms with van der Waals surface area (Å²) in [7, 11) is 0. The maximum absolute atomic E-state index is 5.47. The molecule has 1 fully saturated rings. The van der Waals surface area contributed by atoms with Crippen LogP contribution in [0.2, 0.25) is 0 Å². The van der Waals surface area contributed by atoms with Gasteiger partial charge in [-0.3, -0.25) is 0 Å². The number of nitrogens with one attached hydrogen (secondary N) is 1.